The van der Waals surface area contributed by atoms with Crippen molar-refractivity contribution in [3.8, 4) is 5.75 Å². The topological polar surface area (TPSA) is 35.5 Å². The Morgan fingerprint density at radius 2 is 1.93 bits per heavy atom. The van der Waals surface area contributed by atoms with E-state index in [0.717, 1.165) is 30.1 Å². The third-order valence-electron chi connectivity index (χ3n) is 8.67. The van der Waals surface area contributed by atoms with Crippen molar-refractivity contribution in [2.24, 2.45) is 23.2 Å². The SMILES string of the molecule is CC(N[C@H](C)[C@H]1CC[C@@H]2[C@H]3CCc4cc(O)ccc4[C@@H]3CC[C@]21C)N(C)C. The van der Waals surface area contributed by atoms with Gasteiger partial charge in [-0.05, 0) is 119 Å². The highest BCUT2D eigenvalue weighted by Crippen LogP contribution is 2.63. The monoisotopic (exact) mass is 370 g/mol. The molecule has 3 aliphatic carbocycles. The van der Waals surface area contributed by atoms with Crippen LogP contribution in [0.2, 0.25) is 0 Å². The predicted octanol–water partition coefficient (Wildman–Crippen LogP) is 4.75. The van der Waals surface area contributed by atoms with Gasteiger partial charge in [-0.3, -0.25) is 10.2 Å². The highest BCUT2D eigenvalue weighted by atomic mass is 16.3. The van der Waals surface area contributed by atoms with Gasteiger partial charge in [0.15, 0.2) is 0 Å². The van der Waals surface area contributed by atoms with Crippen LogP contribution in [-0.4, -0.2) is 36.3 Å². The number of hydrogen-bond donors (Lipinski definition) is 2. The molecule has 3 nitrogen and oxygen atoms in total. The Bertz CT molecular complexity index is 687. The largest absolute Gasteiger partial charge is 0.508 e. The Hall–Kier alpha value is -1.06. The molecule has 3 heteroatoms. The standard InChI is InChI=1S/C24H38N2O/c1-15(25-16(2)26(4)5)22-10-11-23-21-8-6-17-14-18(27)7-9-19(17)20(21)12-13-24(22,23)3/h7,9,14-16,20-23,25,27H,6,8,10-13H2,1-5H3/t15-,16?,20+,21+,22-,23-,24+/m1/s1. The van der Waals surface area contributed by atoms with Gasteiger partial charge in [0, 0.05) is 6.04 Å². The van der Waals surface area contributed by atoms with Gasteiger partial charge < -0.3 is 5.11 Å². The minimum atomic E-state index is 0.424. The lowest BCUT2D eigenvalue weighted by Gasteiger charge is -2.52. The van der Waals surface area contributed by atoms with Crippen molar-refractivity contribution in [2.75, 3.05) is 14.1 Å². The lowest BCUT2D eigenvalue weighted by atomic mass is 9.53. The zero-order valence-corrected chi connectivity index (χ0v) is 17.8. The fourth-order valence-corrected chi connectivity index (χ4v) is 7.08. The maximum atomic E-state index is 9.87. The van der Waals surface area contributed by atoms with E-state index in [-0.39, 0.29) is 0 Å². The van der Waals surface area contributed by atoms with Crippen LogP contribution in [0.1, 0.15) is 69.9 Å². The Morgan fingerprint density at radius 1 is 1.15 bits per heavy atom. The molecular weight excluding hydrogens is 332 g/mol. The van der Waals surface area contributed by atoms with Crippen molar-refractivity contribution in [3.05, 3.63) is 29.3 Å². The van der Waals surface area contributed by atoms with Gasteiger partial charge in [0.05, 0.1) is 6.17 Å². The van der Waals surface area contributed by atoms with Crippen LogP contribution in [0.4, 0.5) is 0 Å². The third-order valence-corrected chi connectivity index (χ3v) is 8.67. The number of rotatable bonds is 4. The minimum absolute atomic E-state index is 0.424. The van der Waals surface area contributed by atoms with E-state index in [0.29, 0.717) is 23.4 Å². The molecule has 0 radical (unpaired) electrons. The van der Waals surface area contributed by atoms with E-state index in [1.54, 1.807) is 5.56 Å². The number of aromatic hydroxyl groups is 1. The summed E-state index contributed by atoms with van der Waals surface area (Å²) in [5.41, 5.74) is 3.43. The molecule has 0 saturated heterocycles. The van der Waals surface area contributed by atoms with Gasteiger partial charge >= 0.3 is 0 Å². The van der Waals surface area contributed by atoms with Crippen LogP contribution in [-0.2, 0) is 6.42 Å². The smallest absolute Gasteiger partial charge is 0.115 e. The average Bonchev–Trinajstić information content (AvgIpc) is 2.98. The molecule has 2 N–H and O–H groups in total. The lowest BCUT2D eigenvalue weighted by Crippen LogP contribution is -2.51. The fourth-order valence-electron chi connectivity index (χ4n) is 7.08. The zero-order chi connectivity index (χ0) is 19.3. The van der Waals surface area contributed by atoms with E-state index in [2.05, 4.69) is 51.1 Å². The molecule has 2 saturated carbocycles. The molecule has 0 amide bonds. The summed E-state index contributed by atoms with van der Waals surface area (Å²) < 4.78 is 0. The summed E-state index contributed by atoms with van der Waals surface area (Å²) in [7, 11) is 4.32. The summed E-state index contributed by atoms with van der Waals surface area (Å²) in [6, 6.07) is 6.72. The van der Waals surface area contributed by atoms with Crippen LogP contribution in [0.15, 0.2) is 18.2 Å². The van der Waals surface area contributed by atoms with E-state index in [9.17, 15) is 5.11 Å². The fraction of sp³-hybridized carbons (Fsp3) is 0.750. The molecule has 1 aromatic carbocycles. The maximum Gasteiger partial charge on any atom is 0.115 e. The van der Waals surface area contributed by atoms with E-state index in [1.165, 1.54) is 37.7 Å². The summed E-state index contributed by atoms with van der Waals surface area (Å²) in [4.78, 5) is 2.27. The Labute approximate surface area is 165 Å². The molecule has 0 aromatic heterocycles. The second-order valence-electron chi connectivity index (χ2n) is 10.1. The van der Waals surface area contributed by atoms with Gasteiger partial charge in [0.1, 0.15) is 5.75 Å². The van der Waals surface area contributed by atoms with Crippen molar-refractivity contribution < 1.29 is 5.11 Å². The number of nitrogens with zero attached hydrogens (tertiary/aromatic N) is 1. The first kappa shape index (κ1) is 19.3. The Kier molecular flexibility index (Phi) is 5.05. The van der Waals surface area contributed by atoms with Crippen molar-refractivity contribution >= 4 is 0 Å². The second-order valence-corrected chi connectivity index (χ2v) is 10.1. The van der Waals surface area contributed by atoms with Gasteiger partial charge in [-0.15, -0.1) is 0 Å². The molecule has 3 aliphatic rings. The van der Waals surface area contributed by atoms with E-state index >= 15 is 0 Å². The summed E-state index contributed by atoms with van der Waals surface area (Å²) >= 11 is 0. The predicted molar refractivity (Wildman–Crippen MR) is 112 cm³/mol. The summed E-state index contributed by atoms with van der Waals surface area (Å²) in [6.07, 6.45) is 8.33. The number of fused-ring (bicyclic) bond motifs is 5. The average molecular weight is 371 g/mol. The summed E-state index contributed by atoms with van der Waals surface area (Å²) in [6.45, 7) is 7.30. The normalized spacial score (nSPS) is 37.4. The number of phenolic OH excluding ortho intramolecular Hbond substituents is 1. The van der Waals surface area contributed by atoms with Crippen molar-refractivity contribution in [1.82, 2.24) is 10.2 Å². The molecule has 2 fully saturated rings. The van der Waals surface area contributed by atoms with E-state index < -0.39 is 0 Å². The molecule has 1 unspecified atom stereocenters. The molecule has 4 rings (SSSR count). The molecule has 27 heavy (non-hydrogen) atoms. The Balaban J connectivity index is 1.54. The van der Waals surface area contributed by atoms with Gasteiger partial charge in [-0.2, -0.15) is 0 Å². The van der Waals surface area contributed by atoms with Crippen LogP contribution in [0.5, 0.6) is 5.75 Å². The zero-order valence-electron chi connectivity index (χ0n) is 17.8. The first-order valence-corrected chi connectivity index (χ1v) is 11.1. The molecule has 0 spiro atoms. The van der Waals surface area contributed by atoms with Crippen molar-refractivity contribution in [2.45, 2.75) is 77.4 Å². The van der Waals surface area contributed by atoms with Crippen LogP contribution in [0.25, 0.3) is 0 Å². The molecule has 1 aromatic rings. The number of benzene rings is 1. The highest BCUT2D eigenvalue weighted by molar-refractivity contribution is 5.40. The lowest BCUT2D eigenvalue weighted by molar-refractivity contribution is 0.0145. The first-order chi connectivity index (χ1) is 12.8. The number of aryl methyl sites for hydroxylation is 1. The number of phenols is 1. The second kappa shape index (κ2) is 7.08. The summed E-state index contributed by atoms with van der Waals surface area (Å²) in [5.74, 6) is 3.64. The van der Waals surface area contributed by atoms with E-state index in [1.807, 2.05) is 12.1 Å². The minimum Gasteiger partial charge on any atom is -0.508 e. The molecule has 0 heterocycles. The van der Waals surface area contributed by atoms with Crippen LogP contribution in [0.3, 0.4) is 0 Å². The summed E-state index contributed by atoms with van der Waals surface area (Å²) in [5, 5.41) is 13.7. The molecule has 0 bridgehead atoms. The van der Waals surface area contributed by atoms with Crippen molar-refractivity contribution in [1.29, 1.82) is 0 Å². The molecule has 7 atom stereocenters. The van der Waals surface area contributed by atoms with E-state index in [4.69, 9.17) is 0 Å². The Morgan fingerprint density at radius 3 is 2.67 bits per heavy atom. The first-order valence-electron chi connectivity index (χ1n) is 11.1. The van der Waals surface area contributed by atoms with Gasteiger partial charge in [-0.25, -0.2) is 0 Å². The molecule has 0 aliphatic heterocycles. The van der Waals surface area contributed by atoms with Crippen molar-refractivity contribution in [3.63, 3.8) is 0 Å². The third kappa shape index (κ3) is 3.21. The maximum absolute atomic E-state index is 9.87. The highest BCUT2D eigenvalue weighted by Gasteiger charge is 2.55. The van der Waals surface area contributed by atoms with Gasteiger partial charge in [0.25, 0.3) is 0 Å². The van der Waals surface area contributed by atoms with Gasteiger partial charge in [0.2, 0.25) is 0 Å². The van der Waals surface area contributed by atoms with Crippen LogP contribution < -0.4 is 5.32 Å². The molecule has 150 valence electrons. The number of nitrogens with one attached hydrogen (secondary N) is 1. The van der Waals surface area contributed by atoms with Gasteiger partial charge in [-0.1, -0.05) is 13.0 Å². The van der Waals surface area contributed by atoms with Crippen LogP contribution in [0, 0.1) is 23.2 Å². The number of hydrogen-bond acceptors (Lipinski definition) is 3. The van der Waals surface area contributed by atoms with Crippen LogP contribution >= 0.6 is 0 Å². The quantitative estimate of drug-likeness (QED) is 0.751. The molecular formula is C24H38N2O.